The molecule has 2 rings (SSSR count). The van der Waals surface area contributed by atoms with E-state index in [1.807, 2.05) is 0 Å². The van der Waals surface area contributed by atoms with Gasteiger partial charge in [0.25, 0.3) is 0 Å². The van der Waals surface area contributed by atoms with Crippen LogP contribution in [0.3, 0.4) is 0 Å². The SMILES string of the molecule is C=C(C)C(=O)OC.CCCC1CC2CCC1C2. The summed E-state index contributed by atoms with van der Waals surface area (Å²) in [5.74, 6) is 3.11. The van der Waals surface area contributed by atoms with Crippen molar-refractivity contribution in [3.63, 3.8) is 0 Å². The monoisotopic (exact) mass is 238 g/mol. The van der Waals surface area contributed by atoms with E-state index in [1.165, 1.54) is 20.0 Å². The Bertz CT molecular complexity index is 270. The van der Waals surface area contributed by atoms with Gasteiger partial charge < -0.3 is 4.74 Å². The lowest BCUT2D eigenvalue weighted by Crippen LogP contribution is -2.09. The first-order chi connectivity index (χ1) is 8.08. The van der Waals surface area contributed by atoms with Gasteiger partial charge in [-0.05, 0) is 43.9 Å². The molecule has 3 atom stereocenters. The summed E-state index contributed by atoms with van der Waals surface area (Å²) < 4.78 is 4.27. The molecule has 98 valence electrons. The van der Waals surface area contributed by atoms with Crippen LogP contribution in [-0.4, -0.2) is 13.1 Å². The lowest BCUT2D eigenvalue weighted by atomic mass is 9.86. The maximum atomic E-state index is 10.2. The van der Waals surface area contributed by atoms with Gasteiger partial charge in [-0.2, -0.15) is 0 Å². The number of hydrogen-bond donors (Lipinski definition) is 0. The van der Waals surface area contributed by atoms with Gasteiger partial charge in [-0.1, -0.05) is 32.8 Å². The zero-order chi connectivity index (χ0) is 12.8. The lowest BCUT2D eigenvalue weighted by molar-refractivity contribution is -0.136. The molecule has 0 aromatic heterocycles. The first kappa shape index (κ1) is 14.3. The molecule has 2 aliphatic carbocycles. The van der Waals surface area contributed by atoms with Gasteiger partial charge in [-0.25, -0.2) is 4.79 Å². The van der Waals surface area contributed by atoms with E-state index in [0.717, 1.165) is 17.8 Å². The third kappa shape index (κ3) is 4.18. The minimum atomic E-state index is -0.347. The molecule has 2 nitrogen and oxygen atoms in total. The average Bonchev–Trinajstić information content (AvgIpc) is 2.91. The number of esters is 1. The molecule has 0 amide bonds. The van der Waals surface area contributed by atoms with E-state index in [9.17, 15) is 4.79 Å². The molecule has 0 aromatic rings. The van der Waals surface area contributed by atoms with Gasteiger partial charge in [0.15, 0.2) is 0 Å². The zero-order valence-electron chi connectivity index (χ0n) is 11.5. The first-order valence-corrected chi connectivity index (χ1v) is 6.82. The van der Waals surface area contributed by atoms with Crippen LogP contribution in [0, 0.1) is 17.8 Å². The van der Waals surface area contributed by atoms with Gasteiger partial charge in [-0.3, -0.25) is 0 Å². The Morgan fingerprint density at radius 1 is 1.35 bits per heavy atom. The van der Waals surface area contributed by atoms with Crippen LogP contribution in [0.25, 0.3) is 0 Å². The van der Waals surface area contributed by atoms with Crippen LogP contribution in [-0.2, 0) is 9.53 Å². The zero-order valence-corrected chi connectivity index (χ0v) is 11.5. The molecule has 0 heterocycles. The summed E-state index contributed by atoms with van der Waals surface area (Å²) >= 11 is 0. The van der Waals surface area contributed by atoms with Crippen molar-refractivity contribution in [1.82, 2.24) is 0 Å². The quantitative estimate of drug-likeness (QED) is 0.549. The first-order valence-electron chi connectivity index (χ1n) is 6.82. The third-order valence-corrected chi connectivity index (χ3v) is 4.08. The van der Waals surface area contributed by atoms with Crippen molar-refractivity contribution < 1.29 is 9.53 Å². The Hall–Kier alpha value is -0.790. The largest absolute Gasteiger partial charge is 0.466 e. The summed E-state index contributed by atoms with van der Waals surface area (Å²) in [6, 6.07) is 0. The van der Waals surface area contributed by atoms with Gasteiger partial charge in [0.1, 0.15) is 0 Å². The average molecular weight is 238 g/mol. The fraction of sp³-hybridized carbons (Fsp3) is 0.800. The predicted molar refractivity (Wildman–Crippen MR) is 70.7 cm³/mol. The van der Waals surface area contributed by atoms with E-state index in [1.54, 1.807) is 32.6 Å². The number of rotatable bonds is 3. The third-order valence-electron chi connectivity index (χ3n) is 4.08. The second-order valence-electron chi connectivity index (χ2n) is 5.50. The number of methoxy groups -OCH3 is 1. The van der Waals surface area contributed by atoms with Crippen LogP contribution in [0.15, 0.2) is 12.2 Å². The number of carbonyl (C=O) groups is 1. The van der Waals surface area contributed by atoms with Crippen LogP contribution in [0.2, 0.25) is 0 Å². The predicted octanol–water partition coefficient (Wildman–Crippen LogP) is 3.96. The summed E-state index contributed by atoms with van der Waals surface area (Å²) in [4.78, 5) is 10.2. The van der Waals surface area contributed by atoms with E-state index in [0.29, 0.717) is 5.57 Å². The lowest BCUT2D eigenvalue weighted by Gasteiger charge is -2.20. The van der Waals surface area contributed by atoms with Crippen LogP contribution >= 0.6 is 0 Å². The molecule has 2 aliphatic rings. The molecule has 2 saturated carbocycles. The molecule has 0 radical (unpaired) electrons. The Morgan fingerprint density at radius 3 is 2.35 bits per heavy atom. The molecule has 2 heteroatoms. The molecule has 0 N–H and O–H groups in total. The Morgan fingerprint density at radius 2 is 2.06 bits per heavy atom. The number of fused-ring (bicyclic) bond motifs is 2. The Labute approximate surface area is 105 Å². The van der Waals surface area contributed by atoms with E-state index < -0.39 is 0 Å². The maximum Gasteiger partial charge on any atom is 0.332 e. The number of ether oxygens (including phenoxy) is 1. The molecule has 0 saturated heterocycles. The topological polar surface area (TPSA) is 26.3 Å². The highest BCUT2D eigenvalue weighted by molar-refractivity contribution is 5.86. The van der Waals surface area contributed by atoms with Crippen molar-refractivity contribution in [2.24, 2.45) is 17.8 Å². The second kappa shape index (κ2) is 6.83. The van der Waals surface area contributed by atoms with E-state index >= 15 is 0 Å². The normalized spacial score (nSPS) is 29.5. The Kier molecular flexibility index (Phi) is 5.73. The molecule has 17 heavy (non-hydrogen) atoms. The van der Waals surface area contributed by atoms with Gasteiger partial charge in [0.05, 0.1) is 7.11 Å². The number of hydrogen-bond acceptors (Lipinski definition) is 2. The van der Waals surface area contributed by atoms with Crippen molar-refractivity contribution in [1.29, 1.82) is 0 Å². The highest BCUT2D eigenvalue weighted by atomic mass is 16.5. The number of carbonyl (C=O) groups excluding carboxylic acids is 1. The van der Waals surface area contributed by atoms with Crippen molar-refractivity contribution in [2.75, 3.05) is 7.11 Å². The highest BCUT2D eigenvalue weighted by Crippen LogP contribution is 2.49. The molecule has 2 bridgehead atoms. The molecule has 2 fully saturated rings. The molecule has 3 unspecified atom stereocenters. The summed E-state index contributed by atoms with van der Waals surface area (Å²) in [5.41, 5.74) is 0.433. The highest BCUT2D eigenvalue weighted by Gasteiger charge is 2.38. The van der Waals surface area contributed by atoms with Crippen LogP contribution in [0.4, 0.5) is 0 Å². The molecule has 0 spiro atoms. The van der Waals surface area contributed by atoms with Crippen molar-refractivity contribution in [3.8, 4) is 0 Å². The van der Waals surface area contributed by atoms with E-state index in [2.05, 4.69) is 18.2 Å². The van der Waals surface area contributed by atoms with E-state index in [-0.39, 0.29) is 5.97 Å². The molecule has 0 aromatic carbocycles. The molecular formula is C15H26O2. The molecule has 0 aliphatic heterocycles. The van der Waals surface area contributed by atoms with Gasteiger partial charge in [0.2, 0.25) is 0 Å². The smallest absolute Gasteiger partial charge is 0.332 e. The van der Waals surface area contributed by atoms with Crippen molar-refractivity contribution in [2.45, 2.75) is 52.4 Å². The second-order valence-corrected chi connectivity index (χ2v) is 5.50. The van der Waals surface area contributed by atoms with Gasteiger partial charge in [-0.15, -0.1) is 0 Å². The van der Waals surface area contributed by atoms with Crippen molar-refractivity contribution in [3.05, 3.63) is 12.2 Å². The maximum absolute atomic E-state index is 10.2. The fourth-order valence-corrected chi connectivity index (χ4v) is 3.28. The van der Waals surface area contributed by atoms with Crippen LogP contribution < -0.4 is 0 Å². The minimum absolute atomic E-state index is 0.347. The Balaban J connectivity index is 0.000000185. The van der Waals surface area contributed by atoms with E-state index in [4.69, 9.17) is 0 Å². The summed E-state index contributed by atoms with van der Waals surface area (Å²) in [5, 5.41) is 0. The summed E-state index contributed by atoms with van der Waals surface area (Å²) in [7, 11) is 1.33. The molecular weight excluding hydrogens is 212 g/mol. The van der Waals surface area contributed by atoms with Gasteiger partial charge in [0, 0.05) is 5.57 Å². The van der Waals surface area contributed by atoms with Crippen molar-refractivity contribution >= 4 is 5.97 Å². The standard InChI is InChI=1S/C10H18.C5H8O2/c1-2-3-9-6-8-4-5-10(9)7-8;1-4(2)5(6)7-3/h8-10H,2-7H2,1H3;1H2,2-3H3. The minimum Gasteiger partial charge on any atom is -0.466 e. The summed E-state index contributed by atoms with van der Waals surface area (Å²) in [6.45, 7) is 7.28. The van der Waals surface area contributed by atoms with Crippen LogP contribution in [0.5, 0.6) is 0 Å². The summed E-state index contributed by atoms with van der Waals surface area (Å²) in [6.07, 6.45) is 9.22. The van der Waals surface area contributed by atoms with Gasteiger partial charge >= 0.3 is 5.97 Å². The van der Waals surface area contributed by atoms with Crippen LogP contribution in [0.1, 0.15) is 52.4 Å². The fourth-order valence-electron chi connectivity index (χ4n) is 3.28.